The summed E-state index contributed by atoms with van der Waals surface area (Å²) in [4.78, 5) is 11.2. The number of hydrogen-bond acceptors (Lipinski definition) is 2. The van der Waals surface area contributed by atoms with Crippen LogP contribution in [0.4, 0.5) is 5.69 Å². The van der Waals surface area contributed by atoms with E-state index < -0.39 is 0 Å². The number of carbonyl (C=O) groups is 1. The number of benzene rings is 1. The average Bonchev–Trinajstić information content (AvgIpc) is 2.25. The van der Waals surface area contributed by atoms with E-state index in [0.717, 1.165) is 24.9 Å². The average molecular weight is 204 g/mol. The van der Waals surface area contributed by atoms with E-state index in [1.165, 1.54) is 11.1 Å². The van der Waals surface area contributed by atoms with E-state index in [1.807, 2.05) is 0 Å². The summed E-state index contributed by atoms with van der Waals surface area (Å²) in [7, 11) is 0. The molecule has 0 saturated heterocycles. The van der Waals surface area contributed by atoms with Gasteiger partial charge < -0.3 is 11.1 Å². The molecular formula is C12H16N2O. The molecule has 80 valence electrons. The second kappa shape index (κ2) is 4.45. The minimum Gasteiger partial charge on any atom is -0.330 e. The molecule has 0 unspecified atom stereocenters. The van der Waals surface area contributed by atoms with Crippen molar-refractivity contribution in [3.8, 4) is 0 Å². The van der Waals surface area contributed by atoms with E-state index in [-0.39, 0.29) is 5.91 Å². The van der Waals surface area contributed by atoms with Crippen LogP contribution in [-0.4, -0.2) is 12.5 Å². The van der Waals surface area contributed by atoms with E-state index in [9.17, 15) is 4.79 Å². The topological polar surface area (TPSA) is 55.1 Å². The summed E-state index contributed by atoms with van der Waals surface area (Å²) in [6.45, 7) is 0.712. The van der Waals surface area contributed by atoms with Crippen molar-refractivity contribution in [2.24, 2.45) is 5.73 Å². The van der Waals surface area contributed by atoms with E-state index >= 15 is 0 Å². The number of rotatable bonds is 3. The number of anilines is 1. The van der Waals surface area contributed by atoms with E-state index in [1.54, 1.807) is 0 Å². The summed E-state index contributed by atoms with van der Waals surface area (Å²) in [5.41, 5.74) is 8.95. The third kappa shape index (κ3) is 2.36. The number of carbonyl (C=O) groups excluding carboxylic acids is 1. The summed E-state index contributed by atoms with van der Waals surface area (Å²) in [5.74, 6) is 0.124. The molecular weight excluding hydrogens is 188 g/mol. The first-order chi connectivity index (χ1) is 7.29. The summed E-state index contributed by atoms with van der Waals surface area (Å²) in [6.07, 6.45) is 3.44. The molecule has 1 heterocycles. The monoisotopic (exact) mass is 204 g/mol. The molecule has 1 aliphatic heterocycles. The van der Waals surface area contributed by atoms with Gasteiger partial charge in [-0.2, -0.15) is 0 Å². The molecule has 0 atom stereocenters. The molecule has 0 saturated carbocycles. The number of nitrogens with two attached hydrogens (primary N) is 1. The van der Waals surface area contributed by atoms with Gasteiger partial charge in [-0.05, 0) is 43.0 Å². The lowest BCUT2D eigenvalue weighted by molar-refractivity contribution is -0.116. The zero-order valence-electron chi connectivity index (χ0n) is 8.75. The third-order valence-electron chi connectivity index (χ3n) is 2.74. The zero-order chi connectivity index (χ0) is 10.7. The standard InChI is InChI=1S/C12H16N2O/c13-7-1-2-9-3-4-10-5-6-12(15)14-11(10)8-9/h3-4,8H,1-2,5-7,13H2,(H,14,15). The van der Waals surface area contributed by atoms with Crippen molar-refractivity contribution in [3.05, 3.63) is 29.3 Å². The summed E-state index contributed by atoms with van der Waals surface area (Å²) < 4.78 is 0. The maximum atomic E-state index is 11.2. The molecule has 2 rings (SSSR count). The molecule has 0 radical (unpaired) electrons. The Morgan fingerprint density at radius 3 is 3.00 bits per heavy atom. The van der Waals surface area contributed by atoms with E-state index in [0.29, 0.717) is 13.0 Å². The molecule has 15 heavy (non-hydrogen) atoms. The van der Waals surface area contributed by atoms with Gasteiger partial charge in [-0.25, -0.2) is 0 Å². The van der Waals surface area contributed by atoms with Gasteiger partial charge >= 0.3 is 0 Å². The van der Waals surface area contributed by atoms with Crippen LogP contribution in [0.1, 0.15) is 24.0 Å². The van der Waals surface area contributed by atoms with Crippen molar-refractivity contribution in [2.75, 3.05) is 11.9 Å². The first-order valence-corrected chi connectivity index (χ1v) is 5.41. The summed E-state index contributed by atoms with van der Waals surface area (Å²) >= 11 is 0. The minimum atomic E-state index is 0.124. The number of hydrogen-bond donors (Lipinski definition) is 2. The van der Waals surface area contributed by atoms with Crippen LogP contribution in [0.25, 0.3) is 0 Å². The highest BCUT2D eigenvalue weighted by molar-refractivity contribution is 5.93. The van der Waals surface area contributed by atoms with E-state index in [4.69, 9.17) is 5.73 Å². The molecule has 0 fully saturated rings. The van der Waals surface area contributed by atoms with Crippen molar-refractivity contribution in [2.45, 2.75) is 25.7 Å². The molecule has 3 heteroatoms. The Hall–Kier alpha value is -1.35. The van der Waals surface area contributed by atoms with Crippen molar-refractivity contribution < 1.29 is 4.79 Å². The van der Waals surface area contributed by atoms with Crippen molar-refractivity contribution >= 4 is 11.6 Å². The fourth-order valence-electron chi connectivity index (χ4n) is 1.88. The first-order valence-electron chi connectivity index (χ1n) is 5.41. The molecule has 0 aromatic heterocycles. The summed E-state index contributed by atoms with van der Waals surface area (Å²) in [5, 5.41) is 2.91. The zero-order valence-corrected chi connectivity index (χ0v) is 8.75. The fraction of sp³-hybridized carbons (Fsp3) is 0.417. The van der Waals surface area contributed by atoms with Crippen molar-refractivity contribution in [1.82, 2.24) is 0 Å². The highest BCUT2D eigenvalue weighted by atomic mass is 16.1. The maximum absolute atomic E-state index is 11.2. The van der Waals surface area contributed by atoms with Gasteiger partial charge in [0.1, 0.15) is 0 Å². The number of amides is 1. The lowest BCUT2D eigenvalue weighted by Gasteiger charge is -2.17. The van der Waals surface area contributed by atoms with Gasteiger partial charge in [0.05, 0.1) is 0 Å². The predicted molar refractivity (Wildman–Crippen MR) is 60.8 cm³/mol. The Morgan fingerprint density at radius 1 is 1.33 bits per heavy atom. The third-order valence-corrected chi connectivity index (χ3v) is 2.74. The van der Waals surface area contributed by atoms with Crippen LogP contribution in [0.3, 0.4) is 0 Å². The Kier molecular flexibility index (Phi) is 3.02. The van der Waals surface area contributed by atoms with Gasteiger partial charge in [-0.1, -0.05) is 12.1 Å². The van der Waals surface area contributed by atoms with Crippen LogP contribution in [0.5, 0.6) is 0 Å². The molecule has 3 nitrogen and oxygen atoms in total. The lowest BCUT2D eigenvalue weighted by atomic mass is 9.99. The molecule has 3 N–H and O–H groups in total. The highest BCUT2D eigenvalue weighted by Gasteiger charge is 2.14. The van der Waals surface area contributed by atoms with Crippen LogP contribution >= 0.6 is 0 Å². The molecule has 1 amide bonds. The molecule has 1 aliphatic rings. The largest absolute Gasteiger partial charge is 0.330 e. The van der Waals surface area contributed by atoms with Gasteiger partial charge in [-0.15, -0.1) is 0 Å². The summed E-state index contributed by atoms with van der Waals surface area (Å²) in [6, 6.07) is 6.31. The van der Waals surface area contributed by atoms with Crippen molar-refractivity contribution in [1.29, 1.82) is 0 Å². The molecule has 1 aromatic carbocycles. The van der Waals surface area contributed by atoms with Crippen LogP contribution in [-0.2, 0) is 17.6 Å². The molecule has 0 spiro atoms. The second-order valence-corrected chi connectivity index (χ2v) is 3.93. The van der Waals surface area contributed by atoms with Gasteiger partial charge in [0.15, 0.2) is 0 Å². The Bertz CT molecular complexity index is 374. The maximum Gasteiger partial charge on any atom is 0.224 e. The van der Waals surface area contributed by atoms with Gasteiger partial charge in [0.25, 0.3) is 0 Å². The number of aryl methyl sites for hydroxylation is 2. The SMILES string of the molecule is NCCCc1ccc2c(c1)NC(=O)CC2. The quantitative estimate of drug-likeness (QED) is 0.783. The molecule has 0 aliphatic carbocycles. The van der Waals surface area contributed by atoms with Crippen LogP contribution in [0, 0.1) is 0 Å². The minimum absolute atomic E-state index is 0.124. The van der Waals surface area contributed by atoms with E-state index in [2.05, 4.69) is 23.5 Å². The first kappa shape index (κ1) is 10.2. The molecule has 0 bridgehead atoms. The number of fused-ring (bicyclic) bond motifs is 1. The highest BCUT2D eigenvalue weighted by Crippen LogP contribution is 2.24. The predicted octanol–water partition coefficient (Wildman–Crippen LogP) is 1.46. The van der Waals surface area contributed by atoms with Crippen molar-refractivity contribution in [3.63, 3.8) is 0 Å². The smallest absolute Gasteiger partial charge is 0.224 e. The van der Waals surface area contributed by atoms with Crippen LogP contribution in [0.15, 0.2) is 18.2 Å². The Balaban J connectivity index is 2.17. The Morgan fingerprint density at radius 2 is 2.20 bits per heavy atom. The van der Waals surface area contributed by atoms with Gasteiger partial charge in [-0.3, -0.25) is 4.79 Å². The number of nitrogens with one attached hydrogen (secondary N) is 1. The molecule has 1 aromatic rings. The van der Waals surface area contributed by atoms with Crippen LogP contribution in [0.2, 0.25) is 0 Å². The lowest BCUT2D eigenvalue weighted by Crippen LogP contribution is -2.19. The second-order valence-electron chi connectivity index (χ2n) is 3.93. The van der Waals surface area contributed by atoms with Gasteiger partial charge in [0.2, 0.25) is 5.91 Å². The van der Waals surface area contributed by atoms with Crippen LogP contribution < -0.4 is 11.1 Å². The fourth-order valence-corrected chi connectivity index (χ4v) is 1.88. The Labute approximate surface area is 89.7 Å². The van der Waals surface area contributed by atoms with Gasteiger partial charge in [0, 0.05) is 12.1 Å². The normalized spacial score (nSPS) is 14.6.